The molecule has 0 aliphatic carbocycles. The Morgan fingerprint density at radius 1 is 1.00 bits per heavy atom. The van der Waals surface area contributed by atoms with E-state index in [1.54, 1.807) is 24.3 Å². The van der Waals surface area contributed by atoms with Crippen LogP contribution in [0.15, 0.2) is 53.4 Å². The lowest BCUT2D eigenvalue weighted by molar-refractivity contribution is -0.384. The van der Waals surface area contributed by atoms with E-state index in [0.717, 1.165) is 71.5 Å². The second-order valence-corrected chi connectivity index (χ2v) is 11.2. The first-order valence-corrected chi connectivity index (χ1v) is 14.0. The molecule has 9 nitrogen and oxygen atoms in total. The predicted molar refractivity (Wildman–Crippen MR) is 156 cm³/mol. The molecular formula is C30H30N4O5S. The van der Waals surface area contributed by atoms with Gasteiger partial charge >= 0.3 is 0 Å². The van der Waals surface area contributed by atoms with Gasteiger partial charge < -0.3 is 9.47 Å². The van der Waals surface area contributed by atoms with Crippen molar-refractivity contribution in [2.75, 3.05) is 24.5 Å². The number of thioether (sulfide) groups is 1. The molecule has 2 aliphatic rings. The van der Waals surface area contributed by atoms with Gasteiger partial charge in [0.25, 0.3) is 16.8 Å². The second kappa shape index (κ2) is 11.1. The van der Waals surface area contributed by atoms with Gasteiger partial charge in [-0.2, -0.15) is 0 Å². The van der Waals surface area contributed by atoms with E-state index in [-0.39, 0.29) is 27.8 Å². The second-order valence-electron chi connectivity index (χ2n) is 10.2. The number of aromatic nitrogens is 1. The zero-order chi connectivity index (χ0) is 28.6. The molecule has 2 fully saturated rings. The third-order valence-electron chi connectivity index (χ3n) is 7.42. The number of amides is 2. The van der Waals surface area contributed by atoms with Crippen LogP contribution in [0.1, 0.15) is 52.1 Å². The summed E-state index contributed by atoms with van der Waals surface area (Å²) in [5.41, 5.74) is 5.12. The van der Waals surface area contributed by atoms with Gasteiger partial charge in [-0.05, 0) is 81.6 Å². The fourth-order valence-electron chi connectivity index (χ4n) is 5.28. The summed E-state index contributed by atoms with van der Waals surface area (Å²) in [6.45, 7) is 6.96. The van der Waals surface area contributed by atoms with Crippen LogP contribution in [0, 0.1) is 30.9 Å². The van der Waals surface area contributed by atoms with Crippen molar-refractivity contribution in [3.05, 3.63) is 91.6 Å². The van der Waals surface area contributed by atoms with Crippen LogP contribution in [0.4, 0.5) is 16.2 Å². The van der Waals surface area contributed by atoms with Gasteiger partial charge in [-0.1, -0.05) is 29.8 Å². The summed E-state index contributed by atoms with van der Waals surface area (Å²) < 4.78 is 1.91. The van der Waals surface area contributed by atoms with Crippen molar-refractivity contribution in [1.29, 1.82) is 0 Å². The molecular weight excluding hydrogens is 528 g/mol. The lowest BCUT2D eigenvalue weighted by Crippen LogP contribution is -2.33. The van der Waals surface area contributed by atoms with Crippen molar-refractivity contribution < 1.29 is 19.3 Å². The van der Waals surface area contributed by atoms with Crippen LogP contribution in [0.5, 0.6) is 0 Å². The molecule has 206 valence electrons. The third-order valence-corrected chi connectivity index (χ3v) is 8.32. The first-order chi connectivity index (χ1) is 19.1. The third kappa shape index (κ3) is 5.31. The van der Waals surface area contributed by atoms with E-state index < -0.39 is 11.1 Å². The number of nitro benzene ring substituents is 1. The number of Topliss-reactive ketones (excluding diaryl/α,β-unsaturated/α-hetero) is 1. The van der Waals surface area contributed by atoms with Gasteiger partial charge in [0.05, 0.1) is 22.1 Å². The maximum Gasteiger partial charge on any atom is 0.294 e. The Kier molecular flexibility index (Phi) is 7.62. The topological polar surface area (TPSA) is 106 Å². The standard InChI is InChI=1S/C30H30N4O5S/c1-19-7-9-22(10-8-19)27(35)18-32-29(36)28(40-30(32)37)16-23-15-20(2)33(21(23)3)24-11-12-25(26(17-24)34(38)39)31-13-5-4-6-14-31/h7-12,15-17H,4-6,13-14,18H2,1-3H3/b28-16-. The maximum absolute atomic E-state index is 13.1. The van der Waals surface area contributed by atoms with E-state index in [2.05, 4.69) is 4.90 Å². The number of nitro groups is 1. The van der Waals surface area contributed by atoms with Gasteiger partial charge in [-0.3, -0.25) is 29.4 Å². The van der Waals surface area contributed by atoms with Crippen LogP contribution in [0.25, 0.3) is 11.8 Å². The van der Waals surface area contributed by atoms with Crippen molar-refractivity contribution in [2.45, 2.75) is 40.0 Å². The number of carbonyl (C=O) groups is 3. The molecule has 2 saturated heterocycles. The van der Waals surface area contributed by atoms with Gasteiger partial charge in [0.15, 0.2) is 5.78 Å². The van der Waals surface area contributed by atoms with E-state index in [1.807, 2.05) is 55.7 Å². The zero-order valence-corrected chi connectivity index (χ0v) is 23.5. The van der Waals surface area contributed by atoms with Crippen LogP contribution >= 0.6 is 11.8 Å². The Labute approximate surface area is 236 Å². The minimum absolute atomic E-state index is 0.0628. The molecule has 1 aromatic heterocycles. The largest absolute Gasteiger partial charge is 0.366 e. The lowest BCUT2D eigenvalue weighted by atomic mass is 10.1. The molecule has 0 unspecified atom stereocenters. The Morgan fingerprint density at radius 3 is 2.38 bits per heavy atom. The lowest BCUT2D eigenvalue weighted by Gasteiger charge is -2.28. The maximum atomic E-state index is 13.1. The summed E-state index contributed by atoms with van der Waals surface area (Å²) in [7, 11) is 0. The molecule has 0 saturated carbocycles. The normalized spacial score (nSPS) is 16.7. The molecule has 0 atom stereocenters. The fraction of sp³-hybridized carbons (Fsp3) is 0.300. The van der Waals surface area contributed by atoms with Crippen molar-refractivity contribution in [1.82, 2.24) is 9.47 Å². The summed E-state index contributed by atoms with van der Waals surface area (Å²) in [5.74, 6) is -0.821. The van der Waals surface area contributed by atoms with Crippen LogP contribution in [0.2, 0.25) is 0 Å². The molecule has 2 amide bonds. The Hall–Kier alpha value is -4.18. The number of hydrogen-bond donors (Lipinski definition) is 0. The van der Waals surface area contributed by atoms with Gasteiger partial charge in [0.2, 0.25) is 0 Å². The number of piperidine rings is 1. The number of carbonyl (C=O) groups excluding carboxylic acids is 3. The number of aryl methyl sites for hydroxylation is 2. The van der Waals surface area contributed by atoms with Gasteiger partial charge in [-0.15, -0.1) is 0 Å². The Morgan fingerprint density at radius 2 is 1.70 bits per heavy atom. The number of rotatable bonds is 7. The summed E-state index contributed by atoms with van der Waals surface area (Å²) in [6, 6.07) is 14.2. The monoisotopic (exact) mass is 558 g/mol. The van der Waals surface area contributed by atoms with E-state index >= 15 is 0 Å². The molecule has 3 heterocycles. The number of ketones is 1. The highest BCUT2D eigenvalue weighted by Gasteiger charge is 2.36. The molecule has 0 radical (unpaired) electrons. The van der Waals surface area contributed by atoms with Crippen LogP contribution in [-0.2, 0) is 4.79 Å². The Balaban J connectivity index is 1.41. The predicted octanol–water partition coefficient (Wildman–Crippen LogP) is 6.22. The van der Waals surface area contributed by atoms with E-state index in [1.165, 1.54) is 0 Å². The summed E-state index contributed by atoms with van der Waals surface area (Å²) >= 11 is 0.802. The SMILES string of the molecule is Cc1ccc(C(=O)CN2C(=O)S/C(=C\c3cc(C)n(-c4ccc(N5CCCCC5)c([N+](=O)[O-])c4)c3C)C2=O)cc1. The van der Waals surface area contributed by atoms with E-state index in [4.69, 9.17) is 0 Å². The molecule has 5 rings (SSSR count). The summed E-state index contributed by atoms with van der Waals surface area (Å²) in [4.78, 5) is 53.4. The van der Waals surface area contributed by atoms with Crippen molar-refractivity contribution in [3.8, 4) is 5.69 Å². The number of nitrogens with zero attached hydrogens (tertiary/aromatic N) is 4. The molecule has 10 heteroatoms. The van der Waals surface area contributed by atoms with Crippen molar-refractivity contribution in [3.63, 3.8) is 0 Å². The van der Waals surface area contributed by atoms with E-state index in [9.17, 15) is 24.5 Å². The molecule has 2 aromatic carbocycles. The highest BCUT2D eigenvalue weighted by molar-refractivity contribution is 8.18. The fourth-order valence-corrected chi connectivity index (χ4v) is 6.11. The van der Waals surface area contributed by atoms with Crippen LogP contribution < -0.4 is 4.90 Å². The highest BCUT2D eigenvalue weighted by atomic mass is 32.2. The number of anilines is 1. The first kappa shape index (κ1) is 27.4. The van der Waals surface area contributed by atoms with Gasteiger partial charge in [0.1, 0.15) is 5.69 Å². The average Bonchev–Trinajstić information content (AvgIpc) is 3.37. The number of benzene rings is 2. The molecule has 3 aromatic rings. The molecule has 0 spiro atoms. The van der Waals surface area contributed by atoms with Crippen LogP contribution in [0.3, 0.4) is 0 Å². The minimum atomic E-state index is -0.512. The average molecular weight is 559 g/mol. The Bertz CT molecular complexity index is 1550. The quantitative estimate of drug-likeness (QED) is 0.147. The van der Waals surface area contributed by atoms with Crippen LogP contribution in [-0.4, -0.2) is 51.0 Å². The zero-order valence-electron chi connectivity index (χ0n) is 22.7. The summed E-state index contributed by atoms with van der Waals surface area (Å²) in [6.07, 6.45) is 4.82. The number of imide groups is 1. The minimum Gasteiger partial charge on any atom is -0.366 e. The molecule has 0 bridgehead atoms. The van der Waals surface area contributed by atoms with Gasteiger partial charge in [0, 0.05) is 36.1 Å². The number of hydrogen-bond acceptors (Lipinski definition) is 7. The van der Waals surface area contributed by atoms with Crippen molar-refractivity contribution in [2.24, 2.45) is 0 Å². The molecule has 0 N–H and O–H groups in total. The van der Waals surface area contributed by atoms with Crippen molar-refractivity contribution >= 4 is 46.1 Å². The van der Waals surface area contributed by atoms with E-state index in [0.29, 0.717) is 16.9 Å². The molecule has 40 heavy (non-hydrogen) atoms. The summed E-state index contributed by atoms with van der Waals surface area (Å²) in [5, 5.41) is 11.5. The van der Waals surface area contributed by atoms with Gasteiger partial charge in [-0.25, -0.2) is 0 Å². The smallest absolute Gasteiger partial charge is 0.294 e. The molecule has 2 aliphatic heterocycles. The first-order valence-electron chi connectivity index (χ1n) is 13.2. The highest BCUT2D eigenvalue weighted by Crippen LogP contribution is 2.36.